The van der Waals surface area contributed by atoms with Crippen LogP contribution < -0.4 is 10.1 Å². The molecule has 132 valence electrons. The molecule has 1 aromatic rings. The van der Waals surface area contributed by atoms with Gasteiger partial charge < -0.3 is 14.8 Å². The minimum atomic E-state index is -0.541. The lowest BCUT2D eigenvalue weighted by Crippen LogP contribution is -2.43. The molecule has 1 fully saturated rings. The highest BCUT2D eigenvalue weighted by atomic mass is 16.6. The van der Waals surface area contributed by atoms with Crippen molar-refractivity contribution in [3.8, 4) is 5.75 Å². The van der Waals surface area contributed by atoms with Gasteiger partial charge in [0.05, 0.1) is 0 Å². The average molecular weight is 333 g/mol. The molecule has 0 heterocycles. The van der Waals surface area contributed by atoms with Crippen molar-refractivity contribution in [2.45, 2.75) is 52.5 Å². The van der Waals surface area contributed by atoms with Crippen LogP contribution in [-0.2, 0) is 14.3 Å². The van der Waals surface area contributed by atoms with E-state index in [4.69, 9.17) is 9.47 Å². The molecule has 2 rings (SSSR count). The number of carbonyl (C=O) groups is 2. The summed E-state index contributed by atoms with van der Waals surface area (Å²) in [7, 11) is 0. The Kier molecular flexibility index (Phi) is 6.64. The summed E-state index contributed by atoms with van der Waals surface area (Å²) in [6.07, 6.45) is 4.49. The number of hydrogen-bond donors (Lipinski definition) is 1. The van der Waals surface area contributed by atoms with Crippen LogP contribution in [0.1, 0.15) is 43.7 Å². The molecule has 5 nitrogen and oxygen atoms in total. The fourth-order valence-electron chi connectivity index (χ4n) is 3.13. The van der Waals surface area contributed by atoms with Crippen LogP contribution in [0.2, 0.25) is 0 Å². The van der Waals surface area contributed by atoms with E-state index in [1.165, 1.54) is 6.42 Å². The molecule has 1 saturated carbocycles. The number of nitrogens with one attached hydrogen (secondary N) is 1. The van der Waals surface area contributed by atoms with Crippen LogP contribution in [0.25, 0.3) is 0 Å². The van der Waals surface area contributed by atoms with Crippen molar-refractivity contribution in [2.75, 3.05) is 13.2 Å². The van der Waals surface area contributed by atoms with Crippen molar-refractivity contribution >= 4 is 11.9 Å². The number of rotatable bonds is 6. The van der Waals surface area contributed by atoms with Crippen molar-refractivity contribution < 1.29 is 19.1 Å². The van der Waals surface area contributed by atoms with E-state index in [0.29, 0.717) is 11.7 Å². The maximum atomic E-state index is 11.9. The van der Waals surface area contributed by atoms with Gasteiger partial charge in [0.2, 0.25) is 0 Å². The summed E-state index contributed by atoms with van der Waals surface area (Å²) < 4.78 is 10.4. The minimum Gasteiger partial charge on any atom is -0.482 e. The Bertz CT molecular complexity index is 564. The van der Waals surface area contributed by atoms with Crippen LogP contribution in [0, 0.1) is 19.8 Å². The van der Waals surface area contributed by atoms with Crippen LogP contribution in [-0.4, -0.2) is 31.1 Å². The zero-order valence-corrected chi connectivity index (χ0v) is 14.8. The Morgan fingerprint density at radius 2 is 1.75 bits per heavy atom. The zero-order valence-electron chi connectivity index (χ0n) is 14.8. The molecule has 0 bridgehead atoms. The van der Waals surface area contributed by atoms with E-state index in [2.05, 4.69) is 12.2 Å². The van der Waals surface area contributed by atoms with Gasteiger partial charge in [-0.05, 0) is 55.9 Å². The van der Waals surface area contributed by atoms with Crippen molar-refractivity contribution in [1.29, 1.82) is 0 Å². The van der Waals surface area contributed by atoms with Gasteiger partial charge in [-0.25, -0.2) is 4.79 Å². The normalized spacial score (nSPS) is 20.3. The standard InChI is InChI=1S/C19H27NO4/c1-13-8-14(2)10-16(9-13)23-12-19(22)24-11-18(21)20-17-7-5-4-6-15(17)3/h8-10,15,17H,4-7,11-12H2,1-3H3,(H,20,21)/t15-,17+/m1/s1. The fourth-order valence-corrected chi connectivity index (χ4v) is 3.13. The predicted octanol–water partition coefficient (Wildman–Crippen LogP) is 2.92. The summed E-state index contributed by atoms with van der Waals surface area (Å²) in [4.78, 5) is 23.6. The molecule has 1 aliphatic carbocycles. The Morgan fingerprint density at radius 1 is 1.08 bits per heavy atom. The van der Waals surface area contributed by atoms with Crippen molar-refractivity contribution in [2.24, 2.45) is 5.92 Å². The lowest BCUT2D eigenvalue weighted by molar-refractivity contribution is -0.150. The van der Waals surface area contributed by atoms with Gasteiger partial charge in [-0.2, -0.15) is 0 Å². The smallest absolute Gasteiger partial charge is 0.344 e. The highest BCUT2D eigenvalue weighted by Crippen LogP contribution is 2.23. The first-order chi connectivity index (χ1) is 11.4. The van der Waals surface area contributed by atoms with Gasteiger partial charge in [-0.15, -0.1) is 0 Å². The van der Waals surface area contributed by atoms with Gasteiger partial charge in [-0.1, -0.05) is 25.8 Å². The van der Waals surface area contributed by atoms with Crippen LogP contribution in [0.3, 0.4) is 0 Å². The van der Waals surface area contributed by atoms with Crippen LogP contribution in [0.15, 0.2) is 18.2 Å². The number of aryl methyl sites for hydroxylation is 2. The third-order valence-corrected chi connectivity index (χ3v) is 4.37. The lowest BCUT2D eigenvalue weighted by Gasteiger charge is -2.29. The number of hydrogen-bond acceptors (Lipinski definition) is 4. The zero-order chi connectivity index (χ0) is 17.5. The highest BCUT2D eigenvalue weighted by molar-refractivity contribution is 5.81. The maximum absolute atomic E-state index is 11.9. The van der Waals surface area contributed by atoms with Crippen molar-refractivity contribution in [1.82, 2.24) is 5.32 Å². The van der Waals surface area contributed by atoms with Gasteiger partial charge in [-0.3, -0.25) is 4.79 Å². The summed E-state index contributed by atoms with van der Waals surface area (Å²) in [5.74, 6) is 0.325. The molecule has 0 aliphatic heterocycles. The number of esters is 1. The molecule has 0 spiro atoms. The topological polar surface area (TPSA) is 64.6 Å². The minimum absolute atomic E-state index is 0.191. The quantitative estimate of drug-likeness (QED) is 0.813. The summed E-state index contributed by atoms with van der Waals surface area (Å²) >= 11 is 0. The van der Waals surface area contributed by atoms with Crippen molar-refractivity contribution in [3.63, 3.8) is 0 Å². The molecule has 0 aromatic heterocycles. The molecule has 0 saturated heterocycles. The number of carbonyl (C=O) groups excluding carboxylic acids is 2. The summed E-state index contributed by atoms with van der Waals surface area (Å²) in [6.45, 7) is 5.63. The molecule has 1 aromatic carbocycles. The first-order valence-electron chi connectivity index (χ1n) is 8.60. The fraction of sp³-hybridized carbons (Fsp3) is 0.579. The van der Waals surface area contributed by atoms with E-state index >= 15 is 0 Å². The number of ether oxygens (including phenoxy) is 2. The predicted molar refractivity (Wildman–Crippen MR) is 91.9 cm³/mol. The largest absolute Gasteiger partial charge is 0.482 e. The van der Waals surface area contributed by atoms with E-state index in [1.54, 1.807) is 0 Å². The van der Waals surface area contributed by atoms with Gasteiger partial charge >= 0.3 is 5.97 Å². The summed E-state index contributed by atoms with van der Waals surface area (Å²) in [6, 6.07) is 5.94. The maximum Gasteiger partial charge on any atom is 0.344 e. The molecule has 0 unspecified atom stereocenters. The van der Waals surface area contributed by atoms with Gasteiger partial charge in [0.1, 0.15) is 5.75 Å². The summed E-state index contributed by atoms with van der Waals surface area (Å²) in [5.41, 5.74) is 2.14. The average Bonchev–Trinajstić information content (AvgIpc) is 2.52. The third kappa shape index (κ3) is 5.87. The lowest BCUT2D eigenvalue weighted by atomic mass is 9.86. The molecule has 1 amide bonds. The Balaban J connectivity index is 1.69. The van der Waals surface area contributed by atoms with Gasteiger partial charge in [0, 0.05) is 6.04 Å². The molecular formula is C19H27NO4. The monoisotopic (exact) mass is 333 g/mol. The van der Waals surface area contributed by atoms with E-state index < -0.39 is 5.97 Å². The SMILES string of the molecule is Cc1cc(C)cc(OCC(=O)OCC(=O)N[C@H]2CCCC[C@H]2C)c1. The first kappa shape index (κ1) is 18.3. The molecule has 2 atom stereocenters. The number of amides is 1. The van der Waals surface area contributed by atoms with Crippen LogP contribution >= 0.6 is 0 Å². The molecule has 0 radical (unpaired) electrons. The van der Waals surface area contributed by atoms with Gasteiger partial charge in [0.25, 0.3) is 5.91 Å². The molecular weight excluding hydrogens is 306 g/mol. The van der Waals surface area contributed by atoms with Gasteiger partial charge in [0.15, 0.2) is 13.2 Å². The Labute approximate surface area is 143 Å². The van der Waals surface area contributed by atoms with E-state index in [-0.39, 0.29) is 25.2 Å². The van der Waals surface area contributed by atoms with E-state index in [0.717, 1.165) is 30.4 Å². The molecule has 1 aliphatic rings. The number of benzene rings is 1. The molecule has 5 heteroatoms. The second-order valence-corrected chi connectivity index (χ2v) is 6.71. The molecule has 24 heavy (non-hydrogen) atoms. The van der Waals surface area contributed by atoms with Crippen LogP contribution in [0.4, 0.5) is 0 Å². The second kappa shape index (κ2) is 8.71. The Morgan fingerprint density at radius 3 is 2.42 bits per heavy atom. The first-order valence-corrected chi connectivity index (χ1v) is 8.60. The Hall–Kier alpha value is -2.04. The second-order valence-electron chi connectivity index (χ2n) is 6.71. The third-order valence-electron chi connectivity index (χ3n) is 4.37. The molecule has 1 N–H and O–H groups in total. The highest BCUT2D eigenvalue weighted by Gasteiger charge is 2.23. The van der Waals surface area contributed by atoms with Crippen molar-refractivity contribution in [3.05, 3.63) is 29.3 Å². The van der Waals surface area contributed by atoms with Crippen LogP contribution in [0.5, 0.6) is 5.75 Å². The van der Waals surface area contributed by atoms with E-state index in [1.807, 2.05) is 32.0 Å². The summed E-state index contributed by atoms with van der Waals surface area (Å²) in [5, 5.41) is 2.96. The van der Waals surface area contributed by atoms with E-state index in [9.17, 15) is 9.59 Å².